The first-order valence-electron chi connectivity index (χ1n) is 7.33. The molecular weight excluding hydrogens is 296 g/mol. The Bertz CT molecular complexity index is 719. The van der Waals surface area contributed by atoms with Crippen LogP contribution in [-0.2, 0) is 4.79 Å². The van der Waals surface area contributed by atoms with Gasteiger partial charge in [-0.05, 0) is 38.0 Å². The number of carbonyl (C=O) groups is 2. The van der Waals surface area contributed by atoms with Crippen LogP contribution in [0.4, 0.5) is 0 Å². The standard InChI is InChI=1S/C16H20N4O3/c1-9(2)14(16(22)23)18-15(21)12-5-6-13(17-8-12)20-11(4)7-10(3)19-20/h5-9,14H,1-4H3,(H,18,21)(H,22,23)/t14-/m1/s1. The Hall–Kier alpha value is -2.70. The normalized spacial score (nSPS) is 12.2. The zero-order valence-corrected chi connectivity index (χ0v) is 13.6. The number of aryl methyl sites for hydroxylation is 2. The van der Waals surface area contributed by atoms with Crippen LogP contribution in [0.2, 0.25) is 0 Å². The molecule has 0 aliphatic rings. The summed E-state index contributed by atoms with van der Waals surface area (Å²) in [5.41, 5.74) is 2.13. The number of rotatable bonds is 5. The summed E-state index contributed by atoms with van der Waals surface area (Å²) >= 11 is 0. The van der Waals surface area contributed by atoms with Crippen LogP contribution in [0.25, 0.3) is 5.82 Å². The number of carboxylic acids is 1. The van der Waals surface area contributed by atoms with E-state index < -0.39 is 17.9 Å². The Morgan fingerprint density at radius 1 is 1.26 bits per heavy atom. The van der Waals surface area contributed by atoms with Crippen molar-refractivity contribution < 1.29 is 14.7 Å². The fraction of sp³-hybridized carbons (Fsp3) is 0.375. The van der Waals surface area contributed by atoms with Gasteiger partial charge in [0.25, 0.3) is 5.91 Å². The predicted molar refractivity (Wildman–Crippen MR) is 84.6 cm³/mol. The summed E-state index contributed by atoms with van der Waals surface area (Å²) in [6.45, 7) is 7.29. The van der Waals surface area contributed by atoms with Gasteiger partial charge in [0.1, 0.15) is 6.04 Å². The van der Waals surface area contributed by atoms with Crippen LogP contribution in [0.1, 0.15) is 35.6 Å². The number of aromatic nitrogens is 3. The summed E-state index contributed by atoms with van der Waals surface area (Å²) in [6.07, 6.45) is 1.42. The average Bonchev–Trinajstić information content (AvgIpc) is 2.82. The van der Waals surface area contributed by atoms with Gasteiger partial charge in [0.05, 0.1) is 11.3 Å². The van der Waals surface area contributed by atoms with E-state index in [4.69, 9.17) is 5.11 Å². The number of aliphatic carboxylic acids is 1. The third kappa shape index (κ3) is 3.74. The topological polar surface area (TPSA) is 97.1 Å². The second-order valence-corrected chi connectivity index (χ2v) is 5.78. The average molecular weight is 316 g/mol. The minimum absolute atomic E-state index is 0.210. The van der Waals surface area contributed by atoms with Crippen LogP contribution in [0.5, 0.6) is 0 Å². The number of pyridine rings is 1. The summed E-state index contributed by atoms with van der Waals surface area (Å²) in [4.78, 5) is 27.5. The van der Waals surface area contributed by atoms with Crippen LogP contribution >= 0.6 is 0 Å². The lowest BCUT2D eigenvalue weighted by Gasteiger charge is -2.17. The van der Waals surface area contributed by atoms with E-state index >= 15 is 0 Å². The Balaban J connectivity index is 2.17. The van der Waals surface area contributed by atoms with Crippen LogP contribution in [0, 0.1) is 19.8 Å². The molecule has 7 heteroatoms. The molecule has 0 aliphatic carbocycles. The molecule has 2 heterocycles. The molecule has 1 atom stereocenters. The monoisotopic (exact) mass is 316 g/mol. The lowest BCUT2D eigenvalue weighted by atomic mass is 10.0. The first-order chi connectivity index (χ1) is 10.8. The lowest BCUT2D eigenvalue weighted by Crippen LogP contribution is -2.44. The summed E-state index contributed by atoms with van der Waals surface area (Å²) in [7, 11) is 0. The zero-order valence-electron chi connectivity index (χ0n) is 13.6. The van der Waals surface area contributed by atoms with Crippen LogP contribution in [0.3, 0.4) is 0 Å². The first kappa shape index (κ1) is 16.7. The Morgan fingerprint density at radius 2 is 1.96 bits per heavy atom. The Morgan fingerprint density at radius 3 is 2.39 bits per heavy atom. The van der Waals surface area contributed by atoms with Gasteiger partial charge in [-0.1, -0.05) is 13.8 Å². The second kappa shape index (κ2) is 6.60. The highest BCUT2D eigenvalue weighted by Gasteiger charge is 2.24. The van der Waals surface area contributed by atoms with E-state index in [1.54, 1.807) is 30.7 Å². The van der Waals surface area contributed by atoms with Crippen molar-refractivity contribution in [1.82, 2.24) is 20.1 Å². The minimum Gasteiger partial charge on any atom is -0.480 e. The van der Waals surface area contributed by atoms with E-state index in [0.29, 0.717) is 11.4 Å². The van der Waals surface area contributed by atoms with Crippen molar-refractivity contribution in [3.8, 4) is 5.82 Å². The van der Waals surface area contributed by atoms with E-state index in [0.717, 1.165) is 11.4 Å². The molecule has 0 bridgehead atoms. The number of carbonyl (C=O) groups excluding carboxylic acids is 1. The van der Waals surface area contributed by atoms with E-state index in [9.17, 15) is 9.59 Å². The van der Waals surface area contributed by atoms with Crippen molar-refractivity contribution in [3.63, 3.8) is 0 Å². The molecule has 0 saturated carbocycles. The van der Waals surface area contributed by atoms with Crippen molar-refractivity contribution >= 4 is 11.9 Å². The molecule has 0 unspecified atom stereocenters. The molecule has 0 fully saturated rings. The number of amides is 1. The van der Waals surface area contributed by atoms with E-state index in [2.05, 4.69) is 15.4 Å². The van der Waals surface area contributed by atoms with Crippen molar-refractivity contribution in [1.29, 1.82) is 0 Å². The highest BCUT2D eigenvalue weighted by atomic mass is 16.4. The molecular formula is C16H20N4O3. The zero-order chi connectivity index (χ0) is 17.1. The molecule has 122 valence electrons. The highest BCUT2D eigenvalue weighted by Crippen LogP contribution is 2.11. The van der Waals surface area contributed by atoms with E-state index in [1.165, 1.54) is 6.20 Å². The molecule has 2 aromatic heterocycles. The van der Waals surface area contributed by atoms with Gasteiger partial charge in [0.15, 0.2) is 5.82 Å². The number of hydrogen-bond donors (Lipinski definition) is 2. The third-order valence-electron chi connectivity index (χ3n) is 3.46. The fourth-order valence-corrected chi connectivity index (χ4v) is 2.24. The molecule has 2 N–H and O–H groups in total. The lowest BCUT2D eigenvalue weighted by molar-refractivity contribution is -0.140. The van der Waals surface area contributed by atoms with Crippen LogP contribution < -0.4 is 5.32 Å². The van der Waals surface area contributed by atoms with Gasteiger partial charge in [-0.15, -0.1) is 0 Å². The largest absolute Gasteiger partial charge is 0.480 e. The molecule has 1 amide bonds. The van der Waals surface area contributed by atoms with Crippen LogP contribution in [0.15, 0.2) is 24.4 Å². The van der Waals surface area contributed by atoms with E-state index in [-0.39, 0.29) is 5.92 Å². The predicted octanol–water partition coefficient (Wildman–Crippen LogP) is 1.72. The maximum absolute atomic E-state index is 12.1. The smallest absolute Gasteiger partial charge is 0.326 e. The molecule has 2 aromatic rings. The molecule has 0 aliphatic heterocycles. The second-order valence-electron chi connectivity index (χ2n) is 5.78. The third-order valence-corrected chi connectivity index (χ3v) is 3.46. The van der Waals surface area contributed by atoms with Gasteiger partial charge >= 0.3 is 5.97 Å². The molecule has 7 nitrogen and oxygen atoms in total. The summed E-state index contributed by atoms with van der Waals surface area (Å²) in [5, 5.41) is 16.0. The minimum atomic E-state index is -1.06. The van der Waals surface area contributed by atoms with Gasteiger partial charge in [-0.3, -0.25) is 4.79 Å². The highest BCUT2D eigenvalue weighted by molar-refractivity contribution is 5.96. The maximum Gasteiger partial charge on any atom is 0.326 e. The summed E-state index contributed by atoms with van der Waals surface area (Å²) < 4.78 is 1.69. The number of nitrogens with one attached hydrogen (secondary N) is 1. The number of nitrogens with zero attached hydrogens (tertiary/aromatic N) is 3. The van der Waals surface area contributed by atoms with Gasteiger partial charge in [0, 0.05) is 11.9 Å². The van der Waals surface area contributed by atoms with Gasteiger partial charge in [-0.2, -0.15) is 5.10 Å². The fourth-order valence-electron chi connectivity index (χ4n) is 2.24. The molecule has 0 radical (unpaired) electrons. The number of carboxylic acid groups (broad SMARTS) is 1. The molecule has 2 rings (SSSR count). The Kier molecular flexibility index (Phi) is 4.78. The van der Waals surface area contributed by atoms with E-state index in [1.807, 2.05) is 19.9 Å². The molecule has 0 saturated heterocycles. The van der Waals surface area contributed by atoms with Crippen molar-refractivity contribution in [2.24, 2.45) is 5.92 Å². The summed E-state index contributed by atoms with van der Waals surface area (Å²) in [5.74, 6) is -1.12. The maximum atomic E-state index is 12.1. The molecule has 0 aromatic carbocycles. The van der Waals surface area contributed by atoms with Gasteiger partial charge in [-0.25, -0.2) is 14.5 Å². The quantitative estimate of drug-likeness (QED) is 0.875. The van der Waals surface area contributed by atoms with Crippen LogP contribution in [-0.4, -0.2) is 37.8 Å². The molecule has 23 heavy (non-hydrogen) atoms. The van der Waals surface area contributed by atoms with Crippen molar-refractivity contribution in [3.05, 3.63) is 41.3 Å². The number of hydrogen-bond acceptors (Lipinski definition) is 4. The SMILES string of the molecule is Cc1cc(C)n(-c2ccc(C(=O)N[C@@H](C(=O)O)C(C)C)cn2)n1. The van der Waals surface area contributed by atoms with Gasteiger partial charge < -0.3 is 10.4 Å². The Labute approximate surface area is 134 Å². The van der Waals surface area contributed by atoms with Crippen molar-refractivity contribution in [2.45, 2.75) is 33.7 Å². The van der Waals surface area contributed by atoms with Gasteiger partial charge in [0.2, 0.25) is 0 Å². The summed E-state index contributed by atoms with van der Waals surface area (Å²) in [6, 6.07) is 4.29. The van der Waals surface area contributed by atoms with Crippen molar-refractivity contribution in [2.75, 3.05) is 0 Å². The molecule has 0 spiro atoms. The first-order valence-corrected chi connectivity index (χ1v) is 7.33.